The Morgan fingerprint density at radius 1 is 1.00 bits per heavy atom. The number of Topliss-reactive ketones (excluding diaryl/α,β-unsaturated/α-hetero) is 1. The number of likely N-dealkylation sites (N-methyl/N-ethyl adjacent to an activating group) is 1. The highest BCUT2D eigenvalue weighted by Crippen LogP contribution is 2.29. The van der Waals surface area contributed by atoms with Gasteiger partial charge in [-0.15, -0.1) is 0 Å². The van der Waals surface area contributed by atoms with Crippen LogP contribution in [0.15, 0.2) is 0 Å². The zero-order valence-corrected chi connectivity index (χ0v) is 16.4. The van der Waals surface area contributed by atoms with Crippen LogP contribution in [0.1, 0.15) is 51.9 Å². The smallest absolute Gasteiger partial charge is 0.246 e. The highest BCUT2D eigenvalue weighted by atomic mass is 16.2. The lowest BCUT2D eigenvalue weighted by Crippen LogP contribution is -2.57. The predicted octanol–water partition coefficient (Wildman–Crippen LogP) is -0.0329. The van der Waals surface area contributed by atoms with Crippen LogP contribution in [0.25, 0.3) is 0 Å². The van der Waals surface area contributed by atoms with Crippen molar-refractivity contribution in [3.8, 4) is 0 Å². The maximum atomic E-state index is 13.3. The van der Waals surface area contributed by atoms with Gasteiger partial charge in [-0.05, 0) is 45.6 Å². The van der Waals surface area contributed by atoms with Gasteiger partial charge in [0.05, 0.1) is 13.1 Å². The van der Waals surface area contributed by atoms with Gasteiger partial charge in [0.15, 0.2) is 0 Å². The minimum absolute atomic E-state index is 0.0255. The maximum absolute atomic E-state index is 13.3. The van der Waals surface area contributed by atoms with E-state index in [1.54, 1.807) is 11.9 Å². The van der Waals surface area contributed by atoms with E-state index in [1.165, 1.54) is 6.92 Å². The van der Waals surface area contributed by atoms with Crippen LogP contribution in [0.4, 0.5) is 0 Å². The van der Waals surface area contributed by atoms with Crippen LogP contribution in [-0.4, -0.2) is 67.2 Å². The van der Waals surface area contributed by atoms with E-state index in [-0.39, 0.29) is 42.5 Å². The number of carbonyl (C=O) groups excluding carboxylic acids is 4. The molecule has 152 valence electrons. The summed E-state index contributed by atoms with van der Waals surface area (Å²) in [6.45, 7) is 2.04. The standard InChI is InChI=1S/C19H32N4O4/c1-13(24)11-21-18(26)15-9-6-10-23(15)19(27)17(22-16(25)12-20-2)14-7-4-3-5-8-14/h14-15,17,20H,3-12H2,1-2H3,(H,21,26)(H,22,25)/t15-,17-/m0/s1. The Labute approximate surface area is 160 Å². The summed E-state index contributed by atoms with van der Waals surface area (Å²) >= 11 is 0. The number of hydrogen-bond donors (Lipinski definition) is 3. The topological polar surface area (TPSA) is 108 Å². The Balaban J connectivity index is 2.10. The molecule has 1 aliphatic heterocycles. The molecule has 0 aromatic carbocycles. The number of amides is 3. The molecule has 1 aliphatic carbocycles. The highest BCUT2D eigenvalue weighted by Gasteiger charge is 2.40. The molecule has 2 rings (SSSR count). The highest BCUT2D eigenvalue weighted by molar-refractivity contribution is 5.94. The third kappa shape index (κ3) is 6.02. The van der Waals surface area contributed by atoms with E-state index < -0.39 is 12.1 Å². The van der Waals surface area contributed by atoms with Crippen molar-refractivity contribution >= 4 is 23.5 Å². The summed E-state index contributed by atoms with van der Waals surface area (Å²) < 4.78 is 0. The maximum Gasteiger partial charge on any atom is 0.246 e. The molecule has 0 spiro atoms. The van der Waals surface area contributed by atoms with E-state index in [1.807, 2.05) is 0 Å². The lowest BCUT2D eigenvalue weighted by atomic mass is 9.83. The van der Waals surface area contributed by atoms with E-state index in [2.05, 4.69) is 16.0 Å². The number of nitrogens with one attached hydrogen (secondary N) is 3. The second-order valence-electron chi connectivity index (χ2n) is 7.58. The van der Waals surface area contributed by atoms with E-state index in [0.717, 1.165) is 38.5 Å². The van der Waals surface area contributed by atoms with Gasteiger partial charge in [-0.3, -0.25) is 19.2 Å². The minimum atomic E-state index is -0.590. The van der Waals surface area contributed by atoms with Gasteiger partial charge in [0.2, 0.25) is 17.7 Å². The first-order valence-corrected chi connectivity index (χ1v) is 9.95. The van der Waals surface area contributed by atoms with Crippen LogP contribution in [0.5, 0.6) is 0 Å². The van der Waals surface area contributed by atoms with Crippen molar-refractivity contribution in [1.82, 2.24) is 20.9 Å². The summed E-state index contributed by atoms with van der Waals surface area (Å²) in [5.41, 5.74) is 0. The van der Waals surface area contributed by atoms with Crippen LogP contribution in [-0.2, 0) is 19.2 Å². The second-order valence-corrected chi connectivity index (χ2v) is 7.58. The van der Waals surface area contributed by atoms with Crippen molar-refractivity contribution < 1.29 is 19.2 Å². The number of hydrogen-bond acceptors (Lipinski definition) is 5. The molecular weight excluding hydrogens is 348 g/mol. The lowest BCUT2D eigenvalue weighted by molar-refractivity contribution is -0.143. The first-order chi connectivity index (χ1) is 12.9. The van der Waals surface area contributed by atoms with Gasteiger partial charge >= 0.3 is 0 Å². The number of carbonyl (C=O) groups is 4. The monoisotopic (exact) mass is 380 g/mol. The first kappa shape index (κ1) is 21.3. The van der Waals surface area contributed by atoms with Crippen LogP contribution < -0.4 is 16.0 Å². The van der Waals surface area contributed by atoms with E-state index >= 15 is 0 Å². The van der Waals surface area contributed by atoms with Crippen LogP contribution in [0.3, 0.4) is 0 Å². The lowest BCUT2D eigenvalue weighted by Gasteiger charge is -2.34. The summed E-state index contributed by atoms with van der Waals surface area (Å²) in [6, 6.07) is -1.16. The van der Waals surface area contributed by atoms with Gasteiger partial charge in [-0.2, -0.15) is 0 Å². The molecule has 8 heteroatoms. The first-order valence-electron chi connectivity index (χ1n) is 9.95. The Morgan fingerprint density at radius 3 is 2.33 bits per heavy atom. The molecule has 3 N–H and O–H groups in total. The third-order valence-corrected chi connectivity index (χ3v) is 5.39. The van der Waals surface area contributed by atoms with Crippen LogP contribution in [0, 0.1) is 5.92 Å². The van der Waals surface area contributed by atoms with Crippen LogP contribution in [0.2, 0.25) is 0 Å². The predicted molar refractivity (Wildman–Crippen MR) is 101 cm³/mol. The van der Waals surface area contributed by atoms with Gasteiger partial charge in [0.25, 0.3) is 0 Å². The quantitative estimate of drug-likeness (QED) is 0.548. The molecule has 8 nitrogen and oxygen atoms in total. The molecule has 3 amide bonds. The molecular formula is C19H32N4O4. The molecule has 0 radical (unpaired) electrons. The van der Waals surface area contributed by atoms with Gasteiger partial charge in [0, 0.05) is 6.54 Å². The van der Waals surface area contributed by atoms with Crippen molar-refractivity contribution in [3.05, 3.63) is 0 Å². The van der Waals surface area contributed by atoms with E-state index in [4.69, 9.17) is 0 Å². The normalized spacial score (nSPS) is 21.6. The fourth-order valence-corrected chi connectivity index (χ4v) is 4.04. The summed E-state index contributed by atoms with van der Waals surface area (Å²) in [5.74, 6) is -0.697. The van der Waals surface area contributed by atoms with Gasteiger partial charge in [-0.25, -0.2) is 0 Å². The SMILES string of the molecule is CNCC(=O)N[C@H](C(=O)N1CCC[C@H]1C(=O)NCC(C)=O)C1CCCCC1. The Bertz CT molecular complexity index is 560. The molecule has 2 atom stereocenters. The summed E-state index contributed by atoms with van der Waals surface area (Å²) in [7, 11) is 1.69. The molecule has 1 saturated heterocycles. The average molecular weight is 380 g/mol. The van der Waals surface area contributed by atoms with Crippen molar-refractivity contribution in [2.24, 2.45) is 5.92 Å². The van der Waals surface area contributed by atoms with Crippen molar-refractivity contribution in [3.63, 3.8) is 0 Å². The molecule has 1 saturated carbocycles. The fourth-order valence-electron chi connectivity index (χ4n) is 4.04. The number of rotatable bonds is 8. The zero-order valence-electron chi connectivity index (χ0n) is 16.4. The summed E-state index contributed by atoms with van der Waals surface area (Å²) in [4.78, 5) is 50.6. The van der Waals surface area contributed by atoms with E-state index in [9.17, 15) is 19.2 Å². The Morgan fingerprint density at radius 2 is 1.70 bits per heavy atom. The zero-order chi connectivity index (χ0) is 19.8. The number of likely N-dealkylation sites (tertiary alicyclic amines) is 1. The van der Waals surface area contributed by atoms with Gasteiger partial charge < -0.3 is 20.9 Å². The number of ketones is 1. The van der Waals surface area contributed by atoms with E-state index in [0.29, 0.717) is 13.0 Å². The second kappa shape index (κ2) is 10.4. The average Bonchev–Trinajstić information content (AvgIpc) is 3.14. The molecule has 0 bridgehead atoms. The molecule has 2 aliphatic rings. The largest absolute Gasteiger partial charge is 0.347 e. The Kier molecular flexibility index (Phi) is 8.22. The van der Waals surface area contributed by atoms with Gasteiger partial charge in [0.1, 0.15) is 17.9 Å². The molecule has 0 unspecified atom stereocenters. The molecule has 0 aromatic heterocycles. The Hall–Kier alpha value is -1.96. The van der Waals surface area contributed by atoms with Crippen molar-refractivity contribution in [2.75, 3.05) is 26.7 Å². The third-order valence-electron chi connectivity index (χ3n) is 5.39. The fraction of sp³-hybridized carbons (Fsp3) is 0.789. The van der Waals surface area contributed by atoms with Gasteiger partial charge in [-0.1, -0.05) is 19.3 Å². The summed E-state index contributed by atoms with van der Waals surface area (Å²) in [6.07, 6.45) is 6.40. The molecule has 1 heterocycles. The van der Waals surface area contributed by atoms with Crippen LogP contribution >= 0.6 is 0 Å². The van der Waals surface area contributed by atoms with Crippen molar-refractivity contribution in [1.29, 1.82) is 0 Å². The number of nitrogens with zero attached hydrogens (tertiary/aromatic N) is 1. The summed E-state index contributed by atoms with van der Waals surface area (Å²) in [5, 5.41) is 8.31. The molecule has 2 fully saturated rings. The minimum Gasteiger partial charge on any atom is -0.347 e. The molecule has 0 aromatic rings. The van der Waals surface area contributed by atoms with Crippen molar-refractivity contribution in [2.45, 2.75) is 64.0 Å². The molecule has 27 heavy (non-hydrogen) atoms.